The van der Waals surface area contributed by atoms with Gasteiger partial charge in [-0.1, -0.05) is 146 Å². The van der Waals surface area contributed by atoms with Crippen LogP contribution in [0.1, 0.15) is 12.5 Å². The molecule has 2 heterocycles. The van der Waals surface area contributed by atoms with E-state index >= 15 is 0 Å². The minimum atomic E-state index is 1.11. The van der Waals surface area contributed by atoms with Crippen molar-refractivity contribution in [2.45, 2.75) is 6.92 Å². The molecular formula is C51H38N2. The van der Waals surface area contributed by atoms with Crippen molar-refractivity contribution in [1.29, 1.82) is 0 Å². The zero-order valence-corrected chi connectivity index (χ0v) is 29.7. The van der Waals surface area contributed by atoms with Crippen LogP contribution in [0.3, 0.4) is 0 Å². The number of fused-ring (bicyclic) bond motifs is 5. The van der Waals surface area contributed by atoms with Crippen LogP contribution in [-0.2, 0) is 0 Å². The Kier molecular flexibility index (Phi) is 8.26. The molecule has 2 aromatic heterocycles. The van der Waals surface area contributed by atoms with Crippen LogP contribution in [0, 0.1) is 0 Å². The molecule has 0 aliphatic carbocycles. The molecule has 9 rings (SSSR count). The van der Waals surface area contributed by atoms with E-state index in [1.807, 2.05) is 6.08 Å². The second-order valence-corrected chi connectivity index (χ2v) is 13.4. The highest BCUT2D eigenvalue weighted by Crippen LogP contribution is 2.42. The zero-order chi connectivity index (χ0) is 35.7. The Balaban J connectivity index is 1.37. The highest BCUT2D eigenvalue weighted by molar-refractivity contribution is 6.19. The predicted molar refractivity (Wildman–Crippen MR) is 227 cm³/mol. The standard InChI is InChI=1S/C51H38N2/c1-3-16-36(17-4-2)40-32-41(37-18-8-5-9-19-37)34-43(33-40)53-50-28-26-39(45-25-15-14-24-44(45)38-20-10-6-11-21-38)35-48(50)46-27-29-49-47(51(46)53)30-31-52(49)42-22-12-7-13-23-42/h3-35H,1H2,2H3/b17-4-,36-16+. The van der Waals surface area contributed by atoms with Gasteiger partial charge in [0.1, 0.15) is 0 Å². The maximum absolute atomic E-state index is 4.05. The molecule has 0 N–H and O–H groups in total. The van der Waals surface area contributed by atoms with E-state index in [0.29, 0.717) is 0 Å². The summed E-state index contributed by atoms with van der Waals surface area (Å²) in [6.07, 6.45) is 10.4. The normalized spacial score (nSPS) is 12.0. The second-order valence-electron chi connectivity index (χ2n) is 13.4. The molecule has 0 aliphatic heterocycles. The molecule has 0 bridgehead atoms. The summed E-state index contributed by atoms with van der Waals surface area (Å²) >= 11 is 0. The lowest BCUT2D eigenvalue weighted by Gasteiger charge is -2.15. The van der Waals surface area contributed by atoms with Crippen molar-refractivity contribution in [3.8, 4) is 44.8 Å². The van der Waals surface area contributed by atoms with Crippen LogP contribution in [0.25, 0.3) is 83.0 Å². The molecule has 2 heteroatoms. The third kappa shape index (κ3) is 5.71. The topological polar surface area (TPSA) is 9.86 Å². The van der Waals surface area contributed by atoms with E-state index in [-0.39, 0.29) is 0 Å². The minimum absolute atomic E-state index is 1.11. The molecule has 0 saturated heterocycles. The Hall–Kier alpha value is -6.90. The summed E-state index contributed by atoms with van der Waals surface area (Å²) in [6, 6.07) is 61.5. The maximum atomic E-state index is 4.05. The molecule has 0 unspecified atom stereocenters. The van der Waals surface area contributed by atoms with E-state index in [4.69, 9.17) is 0 Å². The van der Waals surface area contributed by atoms with Crippen molar-refractivity contribution >= 4 is 38.3 Å². The van der Waals surface area contributed by atoms with Gasteiger partial charge in [0, 0.05) is 33.7 Å². The lowest BCUT2D eigenvalue weighted by atomic mass is 9.94. The van der Waals surface area contributed by atoms with Gasteiger partial charge in [0.25, 0.3) is 0 Å². The molecule has 2 nitrogen and oxygen atoms in total. The maximum Gasteiger partial charge on any atom is 0.0635 e. The van der Waals surface area contributed by atoms with Crippen LogP contribution < -0.4 is 0 Å². The molecule has 0 radical (unpaired) electrons. The number of hydrogen-bond acceptors (Lipinski definition) is 0. The number of rotatable bonds is 8. The first-order valence-electron chi connectivity index (χ1n) is 18.2. The largest absolute Gasteiger partial charge is 0.316 e. The molecule has 0 atom stereocenters. The van der Waals surface area contributed by atoms with Crippen molar-refractivity contribution in [2.24, 2.45) is 0 Å². The number of nitrogens with zero attached hydrogens (tertiary/aromatic N) is 2. The van der Waals surface area contributed by atoms with Crippen molar-refractivity contribution in [2.75, 3.05) is 0 Å². The van der Waals surface area contributed by atoms with Gasteiger partial charge in [-0.25, -0.2) is 0 Å². The van der Waals surface area contributed by atoms with Gasteiger partial charge in [0.2, 0.25) is 0 Å². The summed E-state index contributed by atoms with van der Waals surface area (Å²) < 4.78 is 4.77. The molecule has 53 heavy (non-hydrogen) atoms. The van der Waals surface area contributed by atoms with Gasteiger partial charge in [-0.15, -0.1) is 0 Å². The fourth-order valence-corrected chi connectivity index (χ4v) is 7.84. The zero-order valence-electron chi connectivity index (χ0n) is 29.7. The van der Waals surface area contributed by atoms with Crippen molar-refractivity contribution in [1.82, 2.24) is 9.13 Å². The van der Waals surface area contributed by atoms with Gasteiger partial charge in [-0.05, 0) is 106 Å². The van der Waals surface area contributed by atoms with Gasteiger partial charge < -0.3 is 9.13 Å². The van der Waals surface area contributed by atoms with Crippen molar-refractivity contribution in [3.63, 3.8) is 0 Å². The first kappa shape index (κ1) is 32.0. The summed E-state index contributed by atoms with van der Waals surface area (Å²) in [6.45, 7) is 6.11. The summed E-state index contributed by atoms with van der Waals surface area (Å²) in [4.78, 5) is 0. The SMILES string of the molecule is C=C/C=C(\C=C/C)c1cc(-c2ccccc2)cc(-n2c3ccc(-c4ccccc4-c4ccccc4)cc3c3ccc4c(ccn4-c4ccccc4)c32)c1. The van der Waals surface area contributed by atoms with Crippen LogP contribution in [-0.4, -0.2) is 9.13 Å². The van der Waals surface area contributed by atoms with Gasteiger partial charge in [0.15, 0.2) is 0 Å². The lowest BCUT2D eigenvalue weighted by molar-refractivity contribution is 1.13. The van der Waals surface area contributed by atoms with Gasteiger partial charge >= 0.3 is 0 Å². The number of aromatic nitrogens is 2. The van der Waals surface area contributed by atoms with Gasteiger partial charge in [-0.3, -0.25) is 0 Å². The summed E-state index contributed by atoms with van der Waals surface area (Å²) in [5, 5.41) is 3.65. The molecular weight excluding hydrogens is 641 g/mol. The van der Waals surface area contributed by atoms with E-state index in [1.165, 1.54) is 55.0 Å². The first-order valence-corrected chi connectivity index (χ1v) is 18.2. The summed E-state index contributed by atoms with van der Waals surface area (Å²) in [5.74, 6) is 0. The molecule has 7 aromatic carbocycles. The lowest BCUT2D eigenvalue weighted by Crippen LogP contribution is -1.98. The Morgan fingerprint density at radius 2 is 1.17 bits per heavy atom. The van der Waals surface area contributed by atoms with Crippen LogP contribution in [0.2, 0.25) is 0 Å². The van der Waals surface area contributed by atoms with Crippen molar-refractivity contribution in [3.05, 3.63) is 213 Å². The average molecular weight is 679 g/mol. The molecule has 252 valence electrons. The number of para-hydroxylation sites is 1. The molecule has 9 aromatic rings. The Morgan fingerprint density at radius 1 is 0.509 bits per heavy atom. The number of allylic oxidation sites excluding steroid dienone is 5. The second kappa shape index (κ2) is 13.7. The van der Waals surface area contributed by atoms with E-state index in [2.05, 4.69) is 217 Å². The molecule has 0 saturated carbocycles. The fraction of sp³-hybridized carbons (Fsp3) is 0.0196. The summed E-state index contributed by atoms with van der Waals surface area (Å²) in [5.41, 5.74) is 15.2. The fourth-order valence-electron chi connectivity index (χ4n) is 7.84. The molecule has 0 fully saturated rings. The Bertz CT molecular complexity index is 2830. The van der Waals surface area contributed by atoms with E-state index in [9.17, 15) is 0 Å². The van der Waals surface area contributed by atoms with Crippen molar-refractivity contribution < 1.29 is 0 Å². The van der Waals surface area contributed by atoms with Crippen LogP contribution in [0.15, 0.2) is 207 Å². The van der Waals surface area contributed by atoms with Crippen LogP contribution in [0.5, 0.6) is 0 Å². The first-order chi connectivity index (χ1) is 26.2. The third-order valence-electron chi connectivity index (χ3n) is 10.2. The predicted octanol–water partition coefficient (Wildman–Crippen LogP) is 13.9. The third-order valence-corrected chi connectivity index (χ3v) is 10.2. The van der Waals surface area contributed by atoms with E-state index in [0.717, 1.165) is 33.6 Å². The van der Waals surface area contributed by atoms with Gasteiger partial charge in [0.05, 0.1) is 16.6 Å². The van der Waals surface area contributed by atoms with Crippen LogP contribution in [0.4, 0.5) is 0 Å². The highest BCUT2D eigenvalue weighted by atomic mass is 15.0. The molecule has 0 amide bonds. The van der Waals surface area contributed by atoms with Crippen LogP contribution >= 0.6 is 0 Å². The monoisotopic (exact) mass is 678 g/mol. The molecule has 0 spiro atoms. The minimum Gasteiger partial charge on any atom is -0.316 e. The van der Waals surface area contributed by atoms with E-state index in [1.54, 1.807) is 0 Å². The van der Waals surface area contributed by atoms with Gasteiger partial charge in [-0.2, -0.15) is 0 Å². The smallest absolute Gasteiger partial charge is 0.0635 e. The summed E-state index contributed by atoms with van der Waals surface area (Å²) in [7, 11) is 0. The average Bonchev–Trinajstić information content (AvgIpc) is 3.81. The number of hydrogen-bond donors (Lipinski definition) is 0. The van der Waals surface area contributed by atoms with E-state index < -0.39 is 0 Å². The highest BCUT2D eigenvalue weighted by Gasteiger charge is 2.20. The Morgan fingerprint density at radius 3 is 1.89 bits per heavy atom. The number of benzene rings is 7. The quantitative estimate of drug-likeness (QED) is 0.142. The molecule has 0 aliphatic rings. The Labute approximate surface area is 310 Å².